The lowest BCUT2D eigenvalue weighted by atomic mass is 9.87. The van der Waals surface area contributed by atoms with Gasteiger partial charge in [0, 0.05) is 39.3 Å². The normalized spacial score (nSPS) is 19.9. The molecule has 3 aromatic rings. The van der Waals surface area contributed by atoms with Gasteiger partial charge in [0.25, 0.3) is 0 Å². The van der Waals surface area contributed by atoms with Gasteiger partial charge in [-0.15, -0.1) is 0 Å². The van der Waals surface area contributed by atoms with Gasteiger partial charge in [0.05, 0.1) is 30.6 Å². The summed E-state index contributed by atoms with van der Waals surface area (Å²) in [7, 11) is 1.74. The largest absolute Gasteiger partial charge is 0.490 e. The number of ether oxygens (including phenoxy) is 4. The van der Waals surface area contributed by atoms with Crippen LogP contribution in [0.1, 0.15) is 41.9 Å². The average molecular weight is 572 g/mol. The Hall–Kier alpha value is -3.59. The van der Waals surface area contributed by atoms with Crippen LogP contribution in [-0.2, 0) is 22.5 Å². The van der Waals surface area contributed by atoms with Crippen LogP contribution in [0, 0.1) is 0 Å². The van der Waals surface area contributed by atoms with Crippen molar-refractivity contribution >= 4 is 17.5 Å². The van der Waals surface area contributed by atoms with E-state index in [1.807, 2.05) is 30.3 Å². The van der Waals surface area contributed by atoms with Gasteiger partial charge < -0.3 is 29.2 Å². The van der Waals surface area contributed by atoms with Crippen LogP contribution in [0.5, 0.6) is 11.5 Å². The molecule has 3 heterocycles. The average Bonchev–Trinajstić information content (AvgIpc) is 3.04. The molecule has 222 valence electrons. The highest BCUT2D eigenvalue weighted by molar-refractivity contribution is 5.90. The Balaban J connectivity index is 1.08. The van der Waals surface area contributed by atoms with Gasteiger partial charge in [-0.1, -0.05) is 36.4 Å². The number of para-hydroxylation sites is 1. The van der Waals surface area contributed by atoms with Crippen LogP contribution in [0.2, 0.25) is 0 Å². The van der Waals surface area contributed by atoms with Crippen LogP contribution in [0.15, 0.2) is 66.7 Å². The summed E-state index contributed by atoms with van der Waals surface area (Å²) < 4.78 is 23.5. The minimum atomic E-state index is -0.328. The summed E-state index contributed by atoms with van der Waals surface area (Å²) >= 11 is 0. The molecule has 3 aliphatic rings. The predicted molar refractivity (Wildman–Crippen MR) is 164 cm³/mol. The maximum Gasteiger partial charge on any atom is 0.419 e. The van der Waals surface area contributed by atoms with Crippen LogP contribution in [0.3, 0.4) is 0 Å². The Bertz CT molecular complexity index is 1350. The fraction of sp³-hybridized carbons (Fsp3) is 0.441. The second kappa shape index (κ2) is 13.6. The zero-order valence-electron chi connectivity index (χ0n) is 24.4. The molecule has 1 fully saturated rings. The molecule has 0 unspecified atom stereocenters. The summed E-state index contributed by atoms with van der Waals surface area (Å²) in [6.07, 6.45) is 3.61. The summed E-state index contributed by atoms with van der Waals surface area (Å²) in [6.45, 7) is 6.23. The Morgan fingerprint density at radius 3 is 2.81 bits per heavy atom. The van der Waals surface area contributed by atoms with E-state index in [1.165, 1.54) is 11.1 Å². The van der Waals surface area contributed by atoms with Crippen LogP contribution in [0.4, 0.5) is 16.2 Å². The number of carbonyl (C=O) groups is 1. The van der Waals surface area contributed by atoms with E-state index in [9.17, 15) is 4.79 Å². The number of nitrogens with one attached hydrogen (secondary N) is 1. The minimum Gasteiger partial charge on any atom is -0.490 e. The predicted octanol–water partition coefficient (Wildman–Crippen LogP) is 5.54. The molecule has 0 aliphatic carbocycles. The fourth-order valence-corrected chi connectivity index (χ4v) is 6.29. The van der Waals surface area contributed by atoms with Crippen LogP contribution < -0.4 is 24.6 Å². The number of amides is 1. The maximum atomic E-state index is 13.0. The highest BCUT2D eigenvalue weighted by atomic mass is 16.6. The second-order valence-corrected chi connectivity index (χ2v) is 11.3. The van der Waals surface area contributed by atoms with Crippen molar-refractivity contribution in [1.82, 2.24) is 5.32 Å². The fourth-order valence-electron chi connectivity index (χ4n) is 6.29. The Kier molecular flexibility index (Phi) is 9.23. The molecule has 8 nitrogen and oxygen atoms in total. The summed E-state index contributed by atoms with van der Waals surface area (Å²) in [5.74, 6) is 1.76. The molecule has 42 heavy (non-hydrogen) atoms. The van der Waals surface area contributed by atoms with Crippen molar-refractivity contribution in [1.29, 1.82) is 0 Å². The molecule has 3 aliphatic heterocycles. The number of nitrogens with zero attached hydrogens (tertiary/aromatic N) is 2. The number of fused-ring (bicyclic) bond motifs is 2. The van der Waals surface area contributed by atoms with Crippen molar-refractivity contribution < 1.29 is 23.7 Å². The smallest absolute Gasteiger partial charge is 0.419 e. The van der Waals surface area contributed by atoms with Crippen LogP contribution in [0.25, 0.3) is 0 Å². The molecular weight excluding hydrogens is 530 g/mol. The monoisotopic (exact) mass is 571 g/mol. The van der Waals surface area contributed by atoms with Gasteiger partial charge in [-0.3, -0.25) is 4.90 Å². The highest BCUT2D eigenvalue weighted by Crippen LogP contribution is 2.34. The second-order valence-electron chi connectivity index (χ2n) is 11.3. The lowest BCUT2D eigenvalue weighted by Crippen LogP contribution is -2.41. The van der Waals surface area contributed by atoms with Gasteiger partial charge >= 0.3 is 6.09 Å². The van der Waals surface area contributed by atoms with Crippen molar-refractivity contribution in [3.63, 3.8) is 0 Å². The summed E-state index contributed by atoms with van der Waals surface area (Å²) in [5, 5.41) is 3.50. The van der Waals surface area contributed by atoms with E-state index in [0.29, 0.717) is 25.5 Å². The van der Waals surface area contributed by atoms with Gasteiger partial charge in [0.1, 0.15) is 18.1 Å². The first-order chi connectivity index (χ1) is 20.7. The molecular formula is C34H41N3O5. The SMILES string of the molecule is COCCCN1CCOc2ccc(CO[C@H]3CNCC[C@@H]3c3ccc(OC(=O)N4CCCc5ccccc54)cc3)cc21. The van der Waals surface area contributed by atoms with E-state index in [1.54, 1.807) is 12.0 Å². The topological polar surface area (TPSA) is 72.5 Å². The first kappa shape index (κ1) is 28.5. The van der Waals surface area contributed by atoms with Crippen molar-refractivity contribution in [3.8, 4) is 11.5 Å². The van der Waals surface area contributed by atoms with E-state index in [2.05, 4.69) is 46.6 Å². The van der Waals surface area contributed by atoms with E-state index in [0.717, 1.165) is 81.2 Å². The summed E-state index contributed by atoms with van der Waals surface area (Å²) in [6, 6.07) is 22.4. The number of methoxy groups -OCH3 is 1. The molecule has 1 saturated heterocycles. The molecule has 1 amide bonds. The lowest BCUT2D eigenvalue weighted by molar-refractivity contribution is 0.0106. The molecule has 0 radical (unpaired) electrons. The molecule has 0 saturated carbocycles. The van der Waals surface area contributed by atoms with Crippen molar-refractivity contribution in [2.45, 2.75) is 44.3 Å². The third kappa shape index (κ3) is 6.56. The number of hydrogen-bond donors (Lipinski definition) is 1. The van der Waals surface area contributed by atoms with Gasteiger partial charge in [0.2, 0.25) is 0 Å². The number of rotatable bonds is 9. The quantitative estimate of drug-likeness (QED) is 0.339. The van der Waals surface area contributed by atoms with Gasteiger partial charge in [0.15, 0.2) is 0 Å². The first-order valence-electron chi connectivity index (χ1n) is 15.2. The molecule has 0 bridgehead atoms. The molecule has 2 atom stereocenters. The first-order valence-corrected chi connectivity index (χ1v) is 15.2. The standard InChI is InChI=1S/C34H41N3O5/c1-39-20-5-17-36-19-21-40-32-14-9-25(22-31(32)36)24-41-33-23-35-16-15-29(33)26-10-12-28(13-11-26)42-34(38)37-18-4-7-27-6-2-3-8-30(27)37/h2-3,6,8-14,22,29,33,35H,4-5,7,15-21,23-24H2,1H3/t29-,33+/m1/s1. The van der Waals surface area contributed by atoms with E-state index >= 15 is 0 Å². The van der Waals surface area contributed by atoms with Crippen molar-refractivity contribution in [2.75, 3.05) is 62.8 Å². The Labute approximate surface area is 248 Å². The van der Waals surface area contributed by atoms with Crippen LogP contribution in [-0.4, -0.2) is 65.2 Å². The maximum absolute atomic E-state index is 13.0. The van der Waals surface area contributed by atoms with Crippen molar-refractivity contribution in [2.24, 2.45) is 0 Å². The van der Waals surface area contributed by atoms with E-state index in [4.69, 9.17) is 18.9 Å². The number of carbonyl (C=O) groups excluding carboxylic acids is 1. The van der Waals surface area contributed by atoms with Gasteiger partial charge in [-0.2, -0.15) is 0 Å². The highest BCUT2D eigenvalue weighted by Gasteiger charge is 2.28. The zero-order valence-corrected chi connectivity index (χ0v) is 24.4. The number of piperidine rings is 1. The molecule has 8 heteroatoms. The lowest BCUT2D eigenvalue weighted by Gasteiger charge is -2.33. The minimum absolute atomic E-state index is 0.0436. The van der Waals surface area contributed by atoms with Gasteiger partial charge in [-0.25, -0.2) is 4.79 Å². The number of hydrogen-bond acceptors (Lipinski definition) is 7. The molecule has 0 spiro atoms. The third-order valence-corrected chi connectivity index (χ3v) is 8.49. The molecule has 1 N–H and O–H groups in total. The summed E-state index contributed by atoms with van der Waals surface area (Å²) in [4.78, 5) is 17.1. The van der Waals surface area contributed by atoms with E-state index < -0.39 is 0 Å². The molecule has 0 aromatic heterocycles. The molecule has 6 rings (SSSR count). The zero-order chi connectivity index (χ0) is 28.7. The number of anilines is 2. The number of benzene rings is 3. The van der Waals surface area contributed by atoms with E-state index in [-0.39, 0.29) is 18.1 Å². The molecule has 3 aromatic carbocycles. The van der Waals surface area contributed by atoms with Crippen LogP contribution >= 0.6 is 0 Å². The van der Waals surface area contributed by atoms with Gasteiger partial charge in [-0.05, 0) is 79.3 Å². The Morgan fingerprint density at radius 1 is 1.05 bits per heavy atom. The van der Waals surface area contributed by atoms with Crippen molar-refractivity contribution in [3.05, 3.63) is 83.4 Å². The Morgan fingerprint density at radius 2 is 1.93 bits per heavy atom. The third-order valence-electron chi connectivity index (χ3n) is 8.49. The number of aryl methyl sites for hydroxylation is 1. The summed E-state index contributed by atoms with van der Waals surface area (Å²) in [5.41, 5.74) is 5.62.